The van der Waals surface area contributed by atoms with Gasteiger partial charge in [-0.05, 0) is 121 Å². The highest BCUT2D eigenvalue weighted by Gasteiger charge is 2.30. The molecule has 0 atom stereocenters. The number of fused-ring (bicyclic) bond motifs is 4. The van der Waals surface area contributed by atoms with Crippen LogP contribution in [0.3, 0.4) is 0 Å². The molecule has 12 rings (SSSR count). The molecule has 796 valence electrons. The summed E-state index contributed by atoms with van der Waals surface area (Å²) in [5.74, 6) is 1.23. The summed E-state index contributed by atoms with van der Waals surface area (Å²) in [4.78, 5) is 124. The average Bonchev–Trinajstić information content (AvgIpc) is 1.66. The summed E-state index contributed by atoms with van der Waals surface area (Å²) in [5.41, 5.74) is 6.01. The molecule has 0 spiro atoms. The number of anilines is 3. The molecule has 0 saturated heterocycles. The van der Waals surface area contributed by atoms with E-state index in [1.165, 1.54) is 0 Å². The van der Waals surface area contributed by atoms with Crippen LogP contribution in [0.25, 0.3) is 33.2 Å². The number of carbonyl (C=O) groups is 8. The monoisotopic (exact) mass is 2040 g/mol. The van der Waals surface area contributed by atoms with Crippen LogP contribution < -0.4 is 30.2 Å². The molecule has 0 aliphatic rings. The SMILES string of the molecule is CC(C)(C)C(=O)c1cc2cc(NC(=O)c3ccc(OCCOCCOCCOCCO)cc3)cnc2[nH]1.CC(C)(C)C(=O)c1cc2cc(NC(=O)c3ccc(OCCOCCOCCOCCO)cc3)ncc2[nH]1.CC(C)(C)C(=O)c1cn2cc(NC(=O)c3ccc(OCCOCCOCCOCCO)cc3)ccc2n1.COCCOCCOCCOCCn1cc(C(=O)Cc2ccc3nc(C(=O)C(C)(C)C)cn3c2)nn1. The Balaban J connectivity index is 0.000000218. The summed E-state index contributed by atoms with van der Waals surface area (Å²) in [7, 11) is 1.63. The van der Waals surface area contributed by atoms with E-state index in [0.717, 1.165) is 21.9 Å². The van der Waals surface area contributed by atoms with Gasteiger partial charge in [-0.3, -0.25) is 38.4 Å². The minimum absolute atomic E-state index is 0.00392. The molecule has 41 nitrogen and oxygen atoms in total. The molecule has 147 heavy (non-hydrogen) atoms. The number of imidazole rings is 2. The minimum atomic E-state index is -0.524. The number of aromatic nitrogens is 11. The quantitative estimate of drug-likeness (QED) is 0.0130. The lowest BCUT2D eigenvalue weighted by atomic mass is 9.89. The fourth-order valence-electron chi connectivity index (χ4n) is 13.3. The van der Waals surface area contributed by atoms with E-state index in [2.05, 4.69) is 56.2 Å². The third-order valence-corrected chi connectivity index (χ3v) is 21.0. The highest BCUT2D eigenvalue weighted by Crippen LogP contribution is 2.30. The lowest BCUT2D eigenvalue weighted by Crippen LogP contribution is -2.20. The lowest BCUT2D eigenvalue weighted by Gasteiger charge is -2.14. The predicted molar refractivity (Wildman–Crippen MR) is 548 cm³/mol. The zero-order valence-corrected chi connectivity index (χ0v) is 86.1. The fourth-order valence-corrected chi connectivity index (χ4v) is 13.3. The van der Waals surface area contributed by atoms with E-state index in [4.69, 9.17) is 91.1 Å². The second-order valence-corrected chi connectivity index (χ2v) is 37.2. The Morgan fingerprint density at radius 2 is 0.721 bits per heavy atom. The number of pyridine rings is 4. The number of rotatable bonds is 61. The molecule has 9 heterocycles. The molecular formula is C106H140N14O27. The Labute approximate surface area is 854 Å². The molecule has 3 amide bonds. The maximum absolute atomic E-state index is 12.7. The normalized spacial score (nSPS) is 11.6. The number of Topliss-reactive ketones (excluding diaryl/α,β-unsaturated/α-hetero) is 5. The molecule has 0 radical (unpaired) electrons. The number of methoxy groups -OCH3 is 1. The first-order valence-electron chi connectivity index (χ1n) is 48.5. The van der Waals surface area contributed by atoms with Crippen molar-refractivity contribution in [2.45, 2.75) is 96.1 Å². The number of ketones is 5. The number of hydrogen-bond acceptors (Lipinski definition) is 33. The van der Waals surface area contributed by atoms with Crippen molar-refractivity contribution < 1.29 is 129 Å². The van der Waals surface area contributed by atoms with Crippen LogP contribution in [0, 0.1) is 21.7 Å². The van der Waals surface area contributed by atoms with E-state index < -0.39 is 21.7 Å². The summed E-state index contributed by atoms with van der Waals surface area (Å²) < 4.78 is 90.8. The van der Waals surface area contributed by atoms with E-state index in [-0.39, 0.29) is 72.9 Å². The Bertz CT molecular complexity index is 5610. The maximum atomic E-state index is 12.7. The van der Waals surface area contributed by atoms with Crippen LogP contribution in [-0.2, 0) is 74.5 Å². The van der Waals surface area contributed by atoms with Crippen molar-refractivity contribution in [3.05, 3.63) is 215 Å². The smallest absolute Gasteiger partial charge is 0.256 e. The van der Waals surface area contributed by atoms with Gasteiger partial charge in [0.1, 0.15) is 76.9 Å². The third kappa shape index (κ3) is 41.7. The van der Waals surface area contributed by atoms with Gasteiger partial charge in [0.25, 0.3) is 17.7 Å². The second-order valence-electron chi connectivity index (χ2n) is 37.2. The van der Waals surface area contributed by atoms with Crippen LogP contribution in [0.15, 0.2) is 165 Å². The van der Waals surface area contributed by atoms with E-state index in [9.17, 15) is 38.4 Å². The highest BCUT2D eigenvalue weighted by atomic mass is 16.6. The Hall–Kier alpha value is -12.9. The molecule has 0 fully saturated rings. The molecule has 0 aliphatic carbocycles. The van der Waals surface area contributed by atoms with Crippen molar-refractivity contribution in [1.29, 1.82) is 0 Å². The number of aliphatic hydroxyl groups excluding tert-OH is 3. The summed E-state index contributed by atoms with van der Waals surface area (Å²) >= 11 is 0. The number of carbonyl (C=O) groups excluding carboxylic acids is 8. The lowest BCUT2D eigenvalue weighted by molar-refractivity contribution is 0.00244. The molecular weight excluding hydrogens is 1900 g/mol. The van der Waals surface area contributed by atoms with E-state index >= 15 is 0 Å². The third-order valence-electron chi connectivity index (χ3n) is 21.0. The molecule has 0 saturated carbocycles. The van der Waals surface area contributed by atoms with Gasteiger partial charge in [0, 0.05) is 87.4 Å². The number of hydrogen-bond donors (Lipinski definition) is 8. The number of nitrogens with one attached hydrogen (secondary N) is 5. The van der Waals surface area contributed by atoms with Gasteiger partial charge in [0.05, 0.1) is 238 Å². The molecule has 0 aliphatic heterocycles. The summed E-state index contributed by atoms with van der Waals surface area (Å²) in [5, 5.41) is 43.8. The number of nitrogens with zero attached hydrogens (tertiary/aromatic N) is 9. The topological polar surface area (TPSA) is 504 Å². The van der Waals surface area contributed by atoms with Crippen molar-refractivity contribution in [2.24, 2.45) is 21.7 Å². The van der Waals surface area contributed by atoms with Crippen molar-refractivity contribution >= 4 is 97.1 Å². The van der Waals surface area contributed by atoms with Gasteiger partial charge in [-0.2, -0.15) is 0 Å². The minimum Gasteiger partial charge on any atom is -0.491 e. The summed E-state index contributed by atoms with van der Waals surface area (Å²) in [6, 6.07) is 34.6. The van der Waals surface area contributed by atoms with Crippen molar-refractivity contribution in [1.82, 2.24) is 53.7 Å². The first-order chi connectivity index (χ1) is 70.6. The molecule has 3 aromatic carbocycles. The van der Waals surface area contributed by atoms with Gasteiger partial charge in [-0.15, -0.1) is 5.10 Å². The van der Waals surface area contributed by atoms with Gasteiger partial charge in [0.15, 0.2) is 28.9 Å². The highest BCUT2D eigenvalue weighted by molar-refractivity contribution is 6.08. The Kier molecular flexibility index (Phi) is 49.3. The van der Waals surface area contributed by atoms with E-state index in [1.807, 2.05) is 95.3 Å². The number of H-pyrrole nitrogens is 2. The number of benzene rings is 3. The number of amides is 3. The van der Waals surface area contributed by atoms with E-state index in [1.54, 1.807) is 173 Å². The van der Waals surface area contributed by atoms with Crippen LogP contribution in [0.2, 0.25) is 0 Å². The summed E-state index contributed by atoms with van der Waals surface area (Å²) in [6.45, 7) is 35.0. The predicted octanol–water partition coefficient (Wildman–Crippen LogP) is 12.4. The maximum Gasteiger partial charge on any atom is 0.256 e. The zero-order chi connectivity index (χ0) is 106. The van der Waals surface area contributed by atoms with Crippen molar-refractivity contribution in [2.75, 3.05) is 228 Å². The number of aromatic amines is 2. The zero-order valence-electron chi connectivity index (χ0n) is 86.1. The van der Waals surface area contributed by atoms with Gasteiger partial charge in [0.2, 0.25) is 0 Å². The van der Waals surface area contributed by atoms with Gasteiger partial charge >= 0.3 is 0 Å². The Morgan fingerprint density at radius 3 is 1.14 bits per heavy atom. The molecule has 12 aromatic rings. The Morgan fingerprint density at radius 1 is 0.347 bits per heavy atom. The van der Waals surface area contributed by atoms with Crippen LogP contribution in [0.1, 0.15) is 172 Å². The number of ether oxygens (including phenoxy) is 16. The fraction of sp³-hybridized carbons (Fsp3) is 0.472. The van der Waals surface area contributed by atoms with E-state index in [0.29, 0.717) is 288 Å². The standard InChI is InChI=1S/3C27H35N3O7.C25H35N5O6/c1-27(2,3)25(32)23-19-30-18-21(6-9-24(30)29-23)28-26(33)20-4-7-22(8-5-20)37-17-16-36-15-14-35-13-12-34-11-10-31;1-27(2,3)24(32)23-17-20-16-21(18-28-25(20)30-23)29-26(33)19-4-6-22(7-5-19)37-15-14-36-13-12-35-11-10-34-9-8-31;1-27(2,3)25(32)22-16-20-17-24(28-18-23(20)29-22)30-26(33)19-4-6-21(7-5-19)37-15-14-36-13-12-35-11-10-34-9-8-31;1-25(2,3)24(32)21-17-29-16-19(5-6-23(29)26-21)15-22(31)20-18-30(28-27-20)7-8-34-11-12-36-14-13-35-10-9-33-4/h4-9,18-19,31H,10-17H2,1-3H3,(H,28,33);4-7,16-18,31H,8-15H2,1-3H3,(H,28,30)(H,29,33);4-7,16-18,29,31H,8-15H2,1-3H3,(H,28,30,33);5-6,16-18H,7-15H2,1-4H3. The van der Waals surface area contributed by atoms with Crippen molar-refractivity contribution in [3.63, 3.8) is 0 Å². The molecule has 41 heteroatoms. The first-order valence-corrected chi connectivity index (χ1v) is 48.5. The van der Waals surface area contributed by atoms with Crippen molar-refractivity contribution in [3.8, 4) is 17.2 Å². The second kappa shape index (κ2) is 61.6. The number of aliphatic hydroxyl groups is 3. The average molecular weight is 2040 g/mol. The molecule has 0 unspecified atom stereocenters. The van der Waals surface area contributed by atoms with Crippen LogP contribution in [-0.4, -0.2) is 328 Å². The van der Waals surface area contributed by atoms with Crippen LogP contribution in [0.4, 0.5) is 17.2 Å². The molecule has 0 bridgehead atoms. The largest absolute Gasteiger partial charge is 0.491 e. The van der Waals surface area contributed by atoms with Gasteiger partial charge in [-0.25, -0.2) is 24.6 Å². The first kappa shape index (κ1) is 118. The van der Waals surface area contributed by atoms with Gasteiger partial charge in [-0.1, -0.05) is 94.4 Å². The summed E-state index contributed by atoms with van der Waals surface area (Å²) in [6.07, 6.45) is 11.9. The molecule has 9 aromatic heterocycles. The van der Waals surface area contributed by atoms with Crippen LogP contribution in [0.5, 0.6) is 17.2 Å². The van der Waals surface area contributed by atoms with Crippen LogP contribution >= 0.6 is 0 Å². The molecule has 8 N–H and O–H groups in total. The van der Waals surface area contributed by atoms with Gasteiger partial charge < -0.3 is 126 Å².